The van der Waals surface area contributed by atoms with Crippen molar-refractivity contribution in [3.05, 3.63) is 46.5 Å². The van der Waals surface area contributed by atoms with Gasteiger partial charge >= 0.3 is 0 Å². The second kappa shape index (κ2) is 15.8. The molecule has 2 atom stereocenters. The van der Waals surface area contributed by atoms with Crippen molar-refractivity contribution in [3.8, 4) is 0 Å². The molecule has 1 aromatic heterocycles. The molecule has 6 heteroatoms. The molecule has 2 heterocycles. The standard InChI is InChI=1S/C36H56N4OS/c1-10-14-19-27(12-3)24-39(25-28(13-4)20-15-11-2)35-37-33(36(7,8)9)31(42-35)23-30-32(26(5)6)38-40(34(30)41)29-21-17-16-18-22-29/h16-18,21-23,26-28H,10-15,19-20,24-25H2,1-9H3/b30-23-. The molecule has 0 radical (unpaired) electrons. The van der Waals surface area contributed by atoms with Crippen molar-refractivity contribution >= 4 is 39.9 Å². The number of thiazole rings is 1. The van der Waals surface area contributed by atoms with Gasteiger partial charge in [-0.25, -0.2) is 4.98 Å². The number of unbranched alkanes of at least 4 members (excludes halogenated alkanes) is 2. The number of hydrogen-bond donors (Lipinski definition) is 0. The summed E-state index contributed by atoms with van der Waals surface area (Å²) in [5.41, 5.74) is 3.24. The van der Waals surface area contributed by atoms with Gasteiger partial charge in [-0.05, 0) is 48.8 Å². The molecular formula is C36H56N4OS. The van der Waals surface area contributed by atoms with Gasteiger partial charge in [0.15, 0.2) is 5.13 Å². The van der Waals surface area contributed by atoms with Crippen LogP contribution in [-0.4, -0.2) is 29.7 Å². The van der Waals surface area contributed by atoms with Crippen molar-refractivity contribution in [2.45, 2.75) is 119 Å². The first kappa shape index (κ1) is 34.0. The van der Waals surface area contributed by atoms with Crippen molar-refractivity contribution in [3.63, 3.8) is 0 Å². The number of hydrazone groups is 1. The van der Waals surface area contributed by atoms with E-state index in [4.69, 9.17) is 10.1 Å². The first-order chi connectivity index (χ1) is 20.0. The zero-order valence-corrected chi connectivity index (χ0v) is 28.7. The molecule has 2 unspecified atom stereocenters. The fourth-order valence-electron chi connectivity index (χ4n) is 5.65. The van der Waals surface area contributed by atoms with Crippen molar-refractivity contribution < 1.29 is 4.79 Å². The molecule has 1 aliphatic heterocycles. The smallest absolute Gasteiger partial charge is 0.280 e. The lowest BCUT2D eigenvalue weighted by Crippen LogP contribution is -2.34. The quantitative estimate of drug-likeness (QED) is 0.182. The molecule has 2 aromatic rings. The van der Waals surface area contributed by atoms with Gasteiger partial charge in [-0.2, -0.15) is 10.1 Å². The summed E-state index contributed by atoms with van der Waals surface area (Å²) in [6.07, 6.45) is 12.0. The third kappa shape index (κ3) is 8.78. The summed E-state index contributed by atoms with van der Waals surface area (Å²) in [6, 6.07) is 9.74. The molecule has 1 aromatic carbocycles. The van der Waals surface area contributed by atoms with Crippen LogP contribution in [0.3, 0.4) is 0 Å². The van der Waals surface area contributed by atoms with Crippen LogP contribution in [0.5, 0.6) is 0 Å². The van der Waals surface area contributed by atoms with Gasteiger partial charge < -0.3 is 4.90 Å². The largest absolute Gasteiger partial charge is 0.348 e. The Hall–Kier alpha value is -2.47. The van der Waals surface area contributed by atoms with Crippen molar-refractivity contribution in [2.75, 3.05) is 23.0 Å². The first-order valence-corrected chi connectivity index (χ1v) is 17.3. The minimum absolute atomic E-state index is 0.0622. The monoisotopic (exact) mass is 592 g/mol. The molecule has 42 heavy (non-hydrogen) atoms. The zero-order chi connectivity index (χ0) is 30.9. The molecule has 0 N–H and O–H groups in total. The average Bonchev–Trinajstić information content (AvgIpc) is 3.54. The molecular weight excluding hydrogens is 536 g/mol. The lowest BCUT2D eigenvalue weighted by molar-refractivity contribution is -0.114. The maximum absolute atomic E-state index is 13.8. The Morgan fingerprint density at radius 3 is 1.98 bits per heavy atom. The molecule has 0 spiro atoms. The molecule has 0 bridgehead atoms. The van der Waals surface area contributed by atoms with E-state index in [0.29, 0.717) is 17.4 Å². The number of amides is 1. The second-order valence-corrected chi connectivity index (χ2v) is 14.4. The number of rotatable bonds is 16. The molecule has 232 valence electrons. The number of anilines is 2. The predicted octanol–water partition coefficient (Wildman–Crippen LogP) is 10.1. The van der Waals surface area contributed by atoms with Crippen LogP contribution in [-0.2, 0) is 10.2 Å². The number of hydrogen-bond acceptors (Lipinski definition) is 5. The highest BCUT2D eigenvalue weighted by Gasteiger charge is 2.34. The minimum Gasteiger partial charge on any atom is -0.348 e. The van der Waals surface area contributed by atoms with Gasteiger partial charge in [0.25, 0.3) is 5.91 Å². The van der Waals surface area contributed by atoms with Crippen LogP contribution in [0.1, 0.15) is 124 Å². The van der Waals surface area contributed by atoms with E-state index in [9.17, 15) is 4.79 Å². The summed E-state index contributed by atoms with van der Waals surface area (Å²) >= 11 is 1.76. The fourth-order valence-corrected chi connectivity index (χ4v) is 6.88. The van der Waals surface area contributed by atoms with E-state index in [1.165, 1.54) is 51.4 Å². The van der Waals surface area contributed by atoms with Gasteiger partial charge in [-0.1, -0.05) is 130 Å². The molecule has 0 aliphatic carbocycles. The summed E-state index contributed by atoms with van der Waals surface area (Å²) < 4.78 is 0. The number of carbonyl (C=O) groups excluding carboxylic acids is 1. The third-order valence-electron chi connectivity index (χ3n) is 8.40. The first-order valence-electron chi connectivity index (χ1n) is 16.5. The van der Waals surface area contributed by atoms with Gasteiger partial charge in [-0.3, -0.25) is 4.79 Å². The van der Waals surface area contributed by atoms with Gasteiger partial charge in [0.1, 0.15) is 0 Å². The van der Waals surface area contributed by atoms with E-state index >= 15 is 0 Å². The van der Waals surface area contributed by atoms with Crippen molar-refractivity contribution in [1.82, 2.24) is 4.98 Å². The molecule has 0 saturated carbocycles. The van der Waals surface area contributed by atoms with Crippen molar-refractivity contribution in [2.24, 2.45) is 22.9 Å². The van der Waals surface area contributed by atoms with Gasteiger partial charge in [0.05, 0.1) is 27.5 Å². The Morgan fingerprint density at radius 2 is 1.50 bits per heavy atom. The van der Waals surface area contributed by atoms with Crippen LogP contribution in [0.2, 0.25) is 0 Å². The lowest BCUT2D eigenvalue weighted by atomic mass is 9.90. The van der Waals surface area contributed by atoms with E-state index in [2.05, 4.69) is 73.3 Å². The SMILES string of the molecule is CCCCC(CC)CN(CC(CC)CCCC)c1nc(C(C)(C)C)c(/C=C2\C(=O)N(c3ccccc3)N=C2C(C)C)s1. The summed E-state index contributed by atoms with van der Waals surface area (Å²) in [6.45, 7) is 22.3. The van der Waals surface area contributed by atoms with Crippen LogP contribution in [0.25, 0.3) is 6.08 Å². The highest BCUT2D eigenvalue weighted by Crippen LogP contribution is 2.38. The van der Waals surface area contributed by atoms with Crippen LogP contribution >= 0.6 is 11.3 Å². The predicted molar refractivity (Wildman–Crippen MR) is 184 cm³/mol. The molecule has 5 nitrogen and oxygen atoms in total. The van der Waals surface area contributed by atoms with Crippen LogP contribution < -0.4 is 9.91 Å². The van der Waals surface area contributed by atoms with Crippen LogP contribution in [0.15, 0.2) is 41.0 Å². The molecule has 1 aliphatic rings. The minimum atomic E-state index is -0.151. The van der Waals surface area contributed by atoms with Crippen molar-refractivity contribution in [1.29, 1.82) is 0 Å². The highest BCUT2D eigenvalue weighted by atomic mass is 32.1. The van der Waals surface area contributed by atoms with Gasteiger partial charge in [-0.15, -0.1) is 0 Å². The van der Waals surface area contributed by atoms with E-state index in [-0.39, 0.29) is 17.2 Å². The lowest BCUT2D eigenvalue weighted by Gasteiger charge is -2.30. The fraction of sp³-hybridized carbons (Fsp3) is 0.639. The van der Waals surface area contributed by atoms with E-state index in [1.54, 1.807) is 16.3 Å². The Bertz CT molecular complexity index is 1170. The Balaban J connectivity index is 2.07. The number of aromatic nitrogens is 1. The molecule has 0 fully saturated rings. The Morgan fingerprint density at radius 1 is 0.929 bits per heavy atom. The number of benzene rings is 1. The third-order valence-corrected chi connectivity index (χ3v) is 9.46. The average molecular weight is 593 g/mol. The zero-order valence-electron chi connectivity index (χ0n) is 27.9. The molecule has 3 rings (SSSR count). The maximum Gasteiger partial charge on any atom is 0.280 e. The number of para-hydroxylation sites is 1. The molecule has 0 saturated heterocycles. The maximum atomic E-state index is 13.8. The molecule has 1 amide bonds. The second-order valence-electron chi connectivity index (χ2n) is 13.3. The van der Waals surface area contributed by atoms with E-state index in [1.807, 2.05) is 30.3 Å². The number of carbonyl (C=O) groups is 1. The van der Waals surface area contributed by atoms with Crippen LogP contribution in [0, 0.1) is 17.8 Å². The Kier molecular flexibility index (Phi) is 12.8. The van der Waals surface area contributed by atoms with Gasteiger partial charge in [0.2, 0.25) is 0 Å². The summed E-state index contributed by atoms with van der Waals surface area (Å²) in [4.78, 5) is 22.9. The summed E-state index contributed by atoms with van der Waals surface area (Å²) in [5.74, 6) is 1.39. The van der Waals surface area contributed by atoms with Crippen LogP contribution in [0.4, 0.5) is 10.8 Å². The highest BCUT2D eigenvalue weighted by molar-refractivity contribution is 7.16. The normalized spacial score (nSPS) is 16.4. The Labute approximate surface area is 260 Å². The summed E-state index contributed by atoms with van der Waals surface area (Å²) in [7, 11) is 0. The van der Waals surface area contributed by atoms with Gasteiger partial charge in [0, 0.05) is 18.5 Å². The van der Waals surface area contributed by atoms with E-state index < -0.39 is 0 Å². The topological polar surface area (TPSA) is 48.8 Å². The summed E-state index contributed by atoms with van der Waals surface area (Å²) in [5, 5.41) is 7.48. The number of nitrogens with zero attached hydrogens (tertiary/aromatic N) is 4. The van der Waals surface area contributed by atoms with E-state index in [0.717, 1.165) is 40.2 Å².